The molecular weight excluding hydrogens is 378 g/mol. The minimum atomic E-state index is -0.570. The lowest BCUT2D eigenvalue weighted by molar-refractivity contribution is -0.127. The Kier molecular flexibility index (Phi) is 8.11. The number of carbonyl (C=O) groups excluding carboxylic acids is 1. The van der Waals surface area contributed by atoms with Crippen molar-refractivity contribution in [1.29, 1.82) is 0 Å². The molecule has 1 atom stereocenters. The van der Waals surface area contributed by atoms with E-state index in [1.54, 1.807) is 26.2 Å². The highest BCUT2D eigenvalue weighted by Crippen LogP contribution is 2.18. The smallest absolute Gasteiger partial charge is 0.261 e. The number of ether oxygens (including phenoxy) is 2. The summed E-state index contributed by atoms with van der Waals surface area (Å²) < 4.78 is 10.8. The van der Waals surface area contributed by atoms with Crippen LogP contribution in [0.2, 0.25) is 0 Å². The summed E-state index contributed by atoms with van der Waals surface area (Å²) in [6.07, 6.45) is -0.570. The predicted molar refractivity (Wildman–Crippen MR) is 119 cm³/mol. The van der Waals surface area contributed by atoms with Crippen LogP contribution in [0.3, 0.4) is 0 Å². The molecule has 1 fully saturated rings. The average Bonchev–Trinajstić information content (AvgIpc) is 2.79. The fourth-order valence-electron chi connectivity index (χ4n) is 3.53. The number of benzene rings is 2. The molecule has 1 saturated heterocycles. The zero-order valence-electron chi connectivity index (χ0n) is 18.3. The van der Waals surface area contributed by atoms with Crippen LogP contribution in [0, 0.1) is 0 Å². The molecule has 1 amide bonds. The van der Waals surface area contributed by atoms with Crippen molar-refractivity contribution < 1.29 is 14.3 Å². The van der Waals surface area contributed by atoms with Crippen LogP contribution in [-0.4, -0.2) is 61.6 Å². The normalized spacial score (nSPS) is 16.1. The molecule has 0 spiro atoms. The number of hydrogen-bond acceptors (Lipinski definition) is 5. The summed E-state index contributed by atoms with van der Waals surface area (Å²) in [7, 11) is 1.62. The second-order valence-corrected chi connectivity index (χ2v) is 7.68. The van der Waals surface area contributed by atoms with Crippen molar-refractivity contribution in [3.05, 3.63) is 59.7 Å². The molecule has 3 rings (SSSR count). The van der Waals surface area contributed by atoms with Gasteiger partial charge >= 0.3 is 0 Å². The summed E-state index contributed by atoms with van der Waals surface area (Å²) in [5, 5.41) is 2.95. The lowest BCUT2D eigenvalue weighted by Crippen LogP contribution is -2.45. The lowest BCUT2D eigenvalue weighted by Gasteiger charge is -2.34. The summed E-state index contributed by atoms with van der Waals surface area (Å²) in [6.45, 7) is 11.1. The summed E-state index contributed by atoms with van der Waals surface area (Å²) >= 11 is 0. The van der Waals surface area contributed by atoms with Gasteiger partial charge in [0.2, 0.25) is 0 Å². The Bertz CT molecular complexity index is 784. The molecule has 0 aromatic heterocycles. The zero-order valence-corrected chi connectivity index (χ0v) is 18.3. The number of piperazine rings is 1. The molecule has 1 unspecified atom stereocenters. The van der Waals surface area contributed by atoms with E-state index >= 15 is 0 Å². The first-order valence-corrected chi connectivity index (χ1v) is 10.7. The maximum atomic E-state index is 12.4. The predicted octanol–water partition coefficient (Wildman–Crippen LogP) is 2.92. The molecule has 30 heavy (non-hydrogen) atoms. The Morgan fingerprint density at radius 1 is 0.933 bits per heavy atom. The minimum Gasteiger partial charge on any atom is -0.497 e. The van der Waals surface area contributed by atoms with Crippen molar-refractivity contribution in [2.75, 3.05) is 39.8 Å². The van der Waals surface area contributed by atoms with Gasteiger partial charge in [-0.2, -0.15) is 0 Å². The van der Waals surface area contributed by atoms with Crippen molar-refractivity contribution in [3.8, 4) is 11.5 Å². The molecule has 1 aliphatic heterocycles. The van der Waals surface area contributed by atoms with E-state index in [4.69, 9.17) is 9.47 Å². The van der Waals surface area contributed by atoms with Crippen LogP contribution in [0.25, 0.3) is 0 Å². The number of carbonyl (C=O) groups is 1. The Hall–Kier alpha value is -2.57. The molecule has 1 heterocycles. The standard InChI is InChI=1S/C24H33N3O3/c1-4-26-13-15-27(16-14-26)18-21-7-5-20(6-8-21)17-25-24(28)19(2)30-23-11-9-22(29-3)10-12-23/h5-12,19H,4,13-18H2,1-3H3,(H,25,28). The van der Waals surface area contributed by atoms with Gasteiger partial charge in [-0.15, -0.1) is 0 Å². The first kappa shape index (κ1) is 22.1. The zero-order chi connectivity index (χ0) is 21.3. The fraction of sp³-hybridized carbons (Fsp3) is 0.458. The van der Waals surface area contributed by atoms with Crippen LogP contribution in [0.1, 0.15) is 25.0 Å². The summed E-state index contributed by atoms with van der Waals surface area (Å²) in [5.74, 6) is 1.26. The number of amides is 1. The van der Waals surface area contributed by atoms with Gasteiger partial charge in [0.1, 0.15) is 11.5 Å². The first-order valence-electron chi connectivity index (χ1n) is 10.7. The number of nitrogens with one attached hydrogen (secondary N) is 1. The maximum absolute atomic E-state index is 12.4. The second kappa shape index (κ2) is 11.0. The molecule has 1 N–H and O–H groups in total. The molecule has 1 aliphatic rings. The van der Waals surface area contributed by atoms with E-state index in [-0.39, 0.29) is 5.91 Å². The molecule has 6 heteroatoms. The third-order valence-corrected chi connectivity index (χ3v) is 5.55. The molecule has 0 saturated carbocycles. The van der Waals surface area contributed by atoms with Gasteiger partial charge in [0.05, 0.1) is 7.11 Å². The van der Waals surface area contributed by atoms with Crippen LogP contribution in [0.5, 0.6) is 11.5 Å². The Morgan fingerprint density at radius 3 is 2.10 bits per heavy atom. The van der Waals surface area contributed by atoms with Crippen LogP contribution < -0.4 is 14.8 Å². The van der Waals surface area contributed by atoms with E-state index in [1.807, 2.05) is 12.1 Å². The summed E-state index contributed by atoms with van der Waals surface area (Å²) in [4.78, 5) is 17.3. The number of likely N-dealkylation sites (N-methyl/N-ethyl adjacent to an activating group) is 1. The topological polar surface area (TPSA) is 54.0 Å². The van der Waals surface area contributed by atoms with Gasteiger partial charge in [-0.25, -0.2) is 0 Å². The molecule has 6 nitrogen and oxygen atoms in total. The lowest BCUT2D eigenvalue weighted by atomic mass is 10.1. The van der Waals surface area contributed by atoms with Gasteiger partial charge in [0, 0.05) is 39.3 Å². The van der Waals surface area contributed by atoms with E-state index in [0.29, 0.717) is 12.3 Å². The van der Waals surface area contributed by atoms with Gasteiger partial charge < -0.3 is 19.7 Å². The Morgan fingerprint density at radius 2 is 1.50 bits per heavy atom. The van der Waals surface area contributed by atoms with Gasteiger partial charge in [-0.1, -0.05) is 31.2 Å². The van der Waals surface area contributed by atoms with Crippen molar-refractivity contribution in [2.45, 2.75) is 33.0 Å². The van der Waals surface area contributed by atoms with Gasteiger partial charge in [0.25, 0.3) is 5.91 Å². The van der Waals surface area contributed by atoms with Crippen molar-refractivity contribution in [1.82, 2.24) is 15.1 Å². The second-order valence-electron chi connectivity index (χ2n) is 7.68. The van der Waals surface area contributed by atoms with Crippen LogP contribution >= 0.6 is 0 Å². The number of rotatable bonds is 9. The van der Waals surface area contributed by atoms with Crippen LogP contribution in [-0.2, 0) is 17.9 Å². The van der Waals surface area contributed by atoms with Gasteiger partial charge in [-0.05, 0) is 48.9 Å². The third kappa shape index (κ3) is 6.47. The largest absolute Gasteiger partial charge is 0.497 e. The summed E-state index contributed by atoms with van der Waals surface area (Å²) in [5.41, 5.74) is 2.39. The Labute approximate surface area is 179 Å². The van der Waals surface area contributed by atoms with Crippen molar-refractivity contribution in [2.24, 2.45) is 0 Å². The molecule has 162 valence electrons. The monoisotopic (exact) mass is 411 g/mol. The van der Waals surface area contributed by atoms with E-state index in [9.17, 15) is 4.79 Å². The quantitative estimate of drug-likeness (QED) is 0.688. The van der Waals surface area contributed by atoms with Gasteiger partial charge in [-0.3, -0.25) is 9.69 Å². The molecule has 0 bridgehead atoms. The SMILES string of the molecule is CCN1CCN(Cc2ccc(CNC(=O)C(C)Oc3ccc(OC)cc3)cc2)CC1. The number of hydrogen-bond donors (Lipinski definition) is 1. The van der Waals surface area contributed by atoms with Gasteiger partial charge in [0.15, 0.2) is 6.10 Å². The molecule has 0 aliphatic carbocycles. The highest BCUT2D eigenvalue weighted by Gasteiger charge is 2.16. The van der Waals surface area contributed by atoms with E-state index in [0.717, 1.165) is 50.6 Å². The Balaban J connectivity index is 1.42. The van der Waals surface area contributed by atoms with Crippen LogP contribution in [0.15, 0.2) is 48.5 Å². The third-order valence-electron chi connectivity index (χ3n) is 5.55. The van der Waals surface area contributed by atoms with E-state index in [1.165, 1.54) is 5.56 Å². The molecule has 2 aromatic rings. The highest BCUT2D eigenvalue weighted by molar-refractivity contribution is 5.80. The fourth-order valence-corrected chi connectivity index (χ4v) is 3.53. The van der Waals surface area contributed by atoms with Crippen LogP contribution in [0.4, 0.5) is 0 Å². The van der Waals surface area contributed by atoms with E-state index in [2.05, 4.69) is 46.3 Å². The van der Waals surface area contributed by atoms with Crippen molar-refractivity contribution in [3.63, 3.8) is 0 Å². The average molecular weight is 412 g/mol. The first-order chi connectivity index (χ1) is 14.6. The molecular formula is C24H33N3O3. The van der Waals surface area contributed by atoms with E-state index < -0.39 is 6.10 Å². The maximum Gasteiger partial charge on any atom is 0.261 e. The van der Waals surface area contributed by atoms with Crippen molar-refractivity contribution >= 4 is 5.91 Å². The molecule has 2 aromatic carbocycles. The number of nitrogens with zero attached hydrogens (tertiary/aromatic N) is 2. The number of methoxy groups -OCH3 is 1. The summed E-state index contributed by atoms with van der Waals surface area (Å²) in [6, 6.07) is 15.7. The highest BCUT2D eigenvalue weighted by atomic mass is 16.5. The minimum absolute atomic E-state index is 0.135. The molecule has 0 radical (unpaired) electrons.